The molecule has 7 aromatic rings. The van der Waals surface area contributed by atoms with Gasteiger partial charge in [0.05, 0.1) is 0 Å². The molecule has 0 amide bonds. The summed E-state index contributed by atoms with van der Waals surface area (Å²) in [5.41, 5.74) is 14.2. The van der Waals surface area contributed by atoms with Gasteiger partial charge in [-0.05, 0) is 133 Å². The maximum absolute atomic E-state index is 4.80. The van der Waals surface area contributed by atoms with Crippen molar-refractivity contribution in [1.29, 1.82) is 0 Å². The number of pyridine rings is 1. The highest BCUT2D eigenvalue weighted by atomic mass is 14.7. The second kappa shape index (κ2) is 15.3. The molecule has 10 rings (SSSR count). The average Bonchev–Trinajstić information content (AvgIpc) is 3.29. The molecule has 0 radical (unpaired) electrons. The molecule has 4 atom stereocenters. The Balaban J connectivity index is 1.20. The average molecular weight is 735 g/mol. The summed E-state index contributed by atoms with van der Waals surface area (Å²) in [5.74, 6) is 1.30. The minimum absolute atomic E-state index is 0.212. The Morgan fingerprint density at radius 3 is 2.11 bits per heavy atom. The predicted octanol–water partition coefficient (Wildman–Crippen LogP) is 14.3. The lowest BCUT2D eigenvalue weighted by molar-refractivity contribution is 0.476. The van der Waals surface area contributed by atoms with Crippen molar-refractivity contribution in [3.8, 4) is 11.1 Å². The first-order chi connectivity index (χ1) is 28.2. The van der Waals surface area contributed by atoms with E-state index in [4.69, 9.17) is 9.98 Å². The van der Waals surface area contributed by atoms with E-state index in [2.05, 4.69) is 177 Å². The Hall–Kier alpha value is -6.38. The van der Waals surface area contributed by atoms with Gasteiger partial charge in [-0.15, -0.1) is 0 Å². The van der Waals surface area contributed by atoms with E-state index in [1.54, 1.807) is 0 Å². The molecule has 6 aromatic carbocycles. The molecule has 2 heterocycles. The number of fused-ring (bicyclic) bond motifs is 2. The van der Waals surface area contributed by atoms with Crippen LogP contribution in [0.25, 0.3) is 43.8 Å². The quantitative estimate of drug-likeness (QED) is 0.150. The first kappa shape index (κ1) is 35.1. The van der Waals surface area contributed by atoms with Crippen molar-refractivity contribution in [3.63, 3.8) is 0 Å². The normalized spacial score (nSPS) is 20.6. The highest BCUT2D eigenvalue weighted by Gasteiger charge is 2.32. The van der Waals surface area contributed by atoms with Gasteiger partial charge in [0.15, 0.2) is 0 Å². The second-order valence-electron chi connectivity index (χ2n) is 16.0. The summed E-state index contributed by atoms with van der Waals surface area (Å²) < 4.78 is 0. The Labute approximate surface area is 336 Å². The molecule has 2 unspecified atom stereocenters. The van der Waals surface area contributed by atoms with Crippen LogP contribution in [0.3, 0.4) is 0 Å². The zero-order chi connectivity index (χ0) is 38.1. The van der Waals surface area contributed by atoms with Gasteiger partial charge in [0, 0.05) is 35.6 Å². The van der Waals surface area contributed by atoms with Gasteiger partial charge in [0.1, 0.15) is 0 Å². The van der Waals surface area contributed by atoms with E-state index in [9.17, 15) is 0 Å². The van der Waals surface area contributed by atoms with E-state index in [-0.39, 0.29) is 5.92 Å². The third-order valence-corrected chi connectivity index (χ3v) is 12.6. The smallest absolute Gasteiger partial charge is 0.0479 e. The summed E-state index contributed by atoms with van der Waals surface area (Å²) in [7, 11) is 0. The van der Waals surface area contributed by atoms with Crippen LogP contribution in [0, 0.1) is 5.92 Å². The van der Waals surface area contributed by atoms with Crippen LogP contribution in [0.15, 0.2) is 193 Å². The third-order valence-electron chi connectivity index (χ3n) is 12.6. The lowest BCUT2D eigenvalue weighted by Crippen LogP contribution is -2.20. The molecule has 2 heteroatoms. The van der Waals surface area contributed by atoms with Crippen molar-refractivity contribution in [2.75, 3.05) is 0 Å². The summed E-state index contributed by atoms with van der Waals surface area (Å²) >= 11 is 0. The zero-order valence-corrected chi connectivity index (χ0v) is 32.4. The van der Waals surface area contributed by atoms with Crippen LogP contribution in [0.2, 0.25) is 0 Å². The van der Waals surface area contributed by atoms with Crippen molar-refractivity contribution < 1.29 is 0 Å². The summed E-state index contributed by atoms with van der Waals surface area (Å²) in [6.07, 6.45) is 19.5. The molecule has 0 bridgehead atoms. The van der Waals surface area contributed by atoms with Crippen LogP contribution in [0.5, 0.6) is 0 Å². The number of hydrogen-bond acceptors (Lipinski definition) is 2. The zero-order valence-electron chi connectivity index (χ0n) is 32.4. The lowest BCUT2D eigenvalue weighted by atomic mass is 9.68. The first-order valence-corrected chi connectivity index (χ1v) is 20.6. The fourth-order valence-electron chi connectivity index (χ4n) is 9.80. The van der Waals surface area contributed by atoms with Gasteiger partial charge in [-0.25, -0.2) is 0 Å². The third kappa shape index (κ3) is 6.70. The number of aromatic nitrogens is 1. The van der Waals surface area contributed by atoms with E-state index in [1.807, 2.05) is 18.5 Å². The fraction of sp³-hybridized carbons (Fsp3) is 0.164. The SMILES string of the molecule is C[C@H]1C(c2ccc3c(-c4cccc(C5=NC=CCC5)c4)c4ccccc4c(C4=CC=CC(c5ccccn5)C4)c3c2)=CC(c2ccccc2)C[C@@H]1c1ccccc1. The van der Waals surface area contributed by atoms with Gasteiger partial charge >= 0.3 is 0 Å². The number of allylic oxidation sites excluding steroid dienone is 7. The largest absolute Gasteiger partial charge is 0.261 e. The van der Waals surface area contributed by atoms with E-state index >= 15 is 0 Å². The van der Waals surface area contributed by atoms with Gasteiger partial charge in [0.25, 0.3) is 0 Å². The highest BCUT2D eigenvalue weighted by Crippen LogP contribution is 2.50. The van der Waals surface area contributed by atoms with Crippen molar-refractivity contribution in [2.24, 2.45) is 10.9 Å². The van der Waals surface area contributed by atoms with Crippen LogP contribution in [0.1, 0.15) is 83.9 Å². The Morgan fingerprint density at radius 2 is 1.33 bits per heavy atom. The highest BCUT2D eigenvalue weighted by molar-refractivity contribution is 6.19. The Morgan fingerprint density at radius 1 is 0.596 bits per heavy atom. The molecule has 0 saturated heterocycles. The van der Waals surface area contributed by atoms with Gasteiger partial charge in [-0.1, -0.05) is 159 Å². The molecule has 2 aliphatic carbocycles. The summed E-state index contributed by atoms with van der Waals surface area (Å²) in [4.78, 5) is 9.61. The van der Waals surface area contributed by atoms with Crippen molar-refractivity contribution in [2.45, 2.75) is 50.4 Å². The first-order valence-electron chi connectivity index (χ1n) is 20.6. The molecular formula is C55H46N2. The minimum atomic E-state index is 0.212. The molecule has 2 nitrogen and oxygen atoms in total. The van der Waals surface area contributed by atoms with Crippen molar-refractivity contribution in [1.82, 2.24) is 4.98 Å². The van der Waals surface area contributed by atoms with Crippen LogP contribution < -0.4 is 0 Å². The number of benzene rings is 6. The number of rotatable bonds is 7. The van der Waals surface area contributed by atoms with Gasteiger partial charge in [-0.3, -0.25) is 9.98 Å². The molecule has 276 valence electrons. The van der Waals surface area contributed by atoms with Crippen LogP contribution >= 0.6 is 0 Å². The van der Waals surface area contributed by atoms with E-state index < -0.39 is 0 Å². The molecule has 3 aliphatic rings. The summed E-state index contributed by atoms with van der Waals surface area (Å²) in [6.45, 7) is 2.45. The second-order valence-corrected chi connectivity index (χ2v) is 16.0. The number of nitrogens with zero attached hydrogens (tertiary/aromatic N) is 2. The van der Waals surface area contributed by atoms with Gasteiger partial charge < -0.3 is 0 Å². The Bertz CT molecular complexity index is 2750. The monoisotopic (exact) mass is 734 g/mol. The predicted molar refractivity (Wildman–Crippen MR) is 241 cm³/mol. The topological polar surface area (TPSA) is 25.2 Å². The molecule has 1 aliphatic heterocycles. The van der Waals surface area contributed by atoms with E-state index in [0.29, 0.717) is 17.8 Å². The number of aliphatic imine (C=N–C) groups is 1. The van der Waals surface area contributed by atoms with E-state index in [0.717, 1.165) is 37.1 Å². The van der Waals surface area contributed by atoms with Gasteiger partial charge in [0.2, 0.25) is 0 Å². The Kier molecular flexibility index (Phi) is 9.40. The van der Waals surface area contributed by atoms with Crippen LogP contribution in [-0.2, 0) is 0 Å². The molecule has 0 fully saturated rings. The van der Waals surface area contributed by atoms with E-state index in [1.165, 1.54) is 71.6 Å². The fourth-order valence-corrected chi connectivity index (χ4v) is 9.80. The molecule has 0 N–H and O–H groups in total. The summed E-state index contributed by atoms with van der Waals surface area (Å²) in [6, 6.07) is 54.1. The molecule has 57 heavy (non-hydrogen) atoms. The van der Waals surface area contributed by atoms with Crippen molar-refractivity contribution >= 4 is 38.4 Å². The molecule has 0 spiro atoms. The maximum Gasteiger partial charge on any atom is 0.0479 e. The van der Waals surface area contributed by atoms with Crippen LogP contribution in [-0.4, -0.2) is 10.7 Å². The van der Waals surface area contributed by atoms with Gasteiger partial charge in [-0.2, -0.15) is 0 Å². The maximum atomic E-state index is 4.80. The molecule has 0 saturated carbocycles. The molecule has 1 aromatic heterocycles. The van der Waals surface area contributed by atoms with Crippen molar-refractivity contribution in [3.05, 3.63) is 222 Å². The lowest BCUT2D eigenvalue weighted by Gasteiger charge is -2.35. The minimum Gasteiger partial charge on any atom is -0.261 e. The standard InChI is InChI=1S/C55H46N2/c1-37-49(39-18-6-3-7-19-39)35-45(38-16-4-2-5-17-38)36-50(37)40-28-29-48-51(34-40)55(44-23-15-21-42(33-44)53-27-11-13-31-57-53)47-25-9-8-24-46(47)54(48)43-22-14-20-41(32-43)52-26-10-12-30-56-52/h2-9,11-25,27-32,34,36-37,42,45,49H,10,26,33,35H2,1H3/t37-,42?,45?,49+/m1/s1. The van der Waals surface area contributed by atoms with Crippen LogP contribution in [0.4, 0.5) is 0 Å². The summed E-state index contributed by atoms with van der Waals surface area (Å²) in [5, 5.41) is 5.15. The number of hydrogen-bond donors (Lipinski definition) is 0. The molecular weight excluding hydrogens is 689 g/mol.